The van der Waals surface area contributed by atoms with E-state index in [-0.39, 0.29) is 17.1 Å². The Hall–Kier alpha value is -2.11. The third-order valence-electron chi connectivity index (χ3n) is 4.58. The molecule has 0 bridgehead atoms. The van der Waals surface area contributed by atoms with Gasteiger partial charge >= 0.3 is 0 Å². The number of anilines is 2. The lowest BCUT2D eigenvalue weighted by Gasteiger charge is -2.28. The zero-order valence-electron chi connectivity index (χ0n) is 16.5. The standard InChI is InChI=1S/C19H25N5OS2/c1-11(2)19(6,10-20)22-16(25)14(5)26-18-24-23-17(27-18)21-15-8-7-12(3)13(4)9-15/h7-9,11,14H,1-6H3,(H,21,23)(H,22,25)/t14-,19-/m1/s1. The van der Waals surface area contributed by atoms with Gasteiger partial charge in [-0.2, -0.15) is 5.26 Å². The minimum absolute atomic E-state index is 0.0129. The van der Waals surface area contributed by atoms with Gasteiger partial charge in [-0.3, -0.25) is 4.79 Å². The Morgan fingerprint density at radius 1 is 1.26 bits per heavy atom. The number of nitrogens with zero attached hydrogens (tertiary/aromatic N) is 3. The molecule has 1 heterocycles. The van der Waals surface area contributed by atoms with Crippen LogP contribution < -0.4 is 10.6 Å². The number of carbonyl (C=O) groups excluding carboxylic acids is 1. The number of amides is 1. The molecule has 1 aromatic carbocycles. The molecule has 0 radical (unpaired) electrons. The van der Waals surface area contributed by atoms with Crippen molar-refractivity contribution >= 4 is 39.8 Å². The van der Waals surface area contributed by atoms with E-state index in [0.29, 0.717) is 9.47 Å². The van der Waals surface area contributed by atoms with Crippen LogP contribution in [0.4, 0.5) is 10.8 Å². The van der Waals surface area contributed by atoms with Crippen molar-refractivity contribution in [3.05, 3.63) is 29.3 Å². The molecule has 8 heteroatoms. The summed E-state index contributed by atoms with van der Waals surface area (Å²) in [6.45, 7) is 11.5. The fraction of sp³-hybridized carbons (Fsp3) is 0.474. The lowest BCUT2D eigenvalue weighted by Crippen LogP contribution is -2.51. The van der Waals surface area contributed by atoms with Gasteiger partial charge < -0.3 is 10.6 Å². The van der Waals surface area contributed by atoms with Crippen molar-refractivity contribution < 1.29 is 4.79 Å². The van der Waals surface area contributed by atoms with E-state index in [1.165, 1.54) is 34.2 Å². The summed E-state index contributed by atoms with van der Waals surface area (Å²) in [5, 5.41) is 24.0. The van der Waals surface area contributed by atoms with Gasteiger partial charge in [0.15, 0.2) is 4.34 Å². The largest absolute Gasteiger partial charge is 0.337 e. The molecule has 0 aliphatic carbocycles. The second-order valence-corrected chi connectivity index (χ2v) is 9.58. The van der Waals surface area contributed by atoms with E-state index in [9.17, 15) is 10.1 Å². The summed E-state index contributed by atoms with van der Waals surface area (Å²) in [6.07, 6.45) is 0. The van der Waals surface area contributed by atoms with Crippen molar-refractivity contribution in [3.63, 3.8) is 0 Å². The summed E-state index contributed by atoms with van der Waals surface area (Å²) in [4.78, 5) is 12.5. The molecular weight excluding hydrogens is 378 g/mol. The molecule has 1 amide bonds. The summed E-state index contributed by atoms with van der Waals surface area (Å²) in [5.74, 6) is -0.171. The first-order valence-electron chi connectivity index (χ1n) is 8.72. The van der Waals surface area contributed by atoms with Gasteiger partial charge in [0.25, 0.3) is 0 Å². The molecule has 0 fully saturated rings. The summed E-state index contributed by atoms with van der Waals surface area (Å²) < 4.78 is 0.701. The molecule has 2 rings (SSSR count). The average molecular weight is 404 g/mol. The number of rotatable bonds is 7. The molecule has 0 saturated carbocycles. The van der Waals surface area contributed by atoms with Crippen molar-refractivity contribution in [1.82, 2.24) is 15.5 Å². The van der Waals surface area contributed by atoms with Crippen LogP contribution in [0.5, 0.6) is 0 Å². The van der Waals surface area contributed by atoms with Crippen LogP contribution >= 0.6 is 23.1 Å². The van der Waals surface area contributed by atoms with E-state index < -0.39 is 5.54 Å². The Morgan fingerprint density at radius 3 is 2.56 bits per heavy atom. The number of hydrogen-bond acceptors (Lipinski definition) is 7. The van der Waals surface area contributed by atoms with Crippen molar-refractivity contribution in [2.24, 2.45) is 5.92 Å². The molecule has 6 nitrogen and oxygen atoms in total. The molecule has 0 saturated heterocycles. The van der Waals surface area contributed by atoms with Crippen LogP contribution in [0, 0.1) is 31.1 Å². The van der Waals surface area contributed by atoms with Gasteiger partial charge in [0.05, 0.1) is 11.3 Å². The van der Waals surface area contributed by atoms with Crippen LogP contribution in [0.3, 0.4) is 0 Å². The van der Waals surface area contributed by atoms with Gasteiger partial charge in [0.1, 0.15) is 5.54 Å². The first-order chi connectivity index (χ1) is 12.6. The predicted molar refractivity (Wildman–Crippen MR) is 111 cm³/mol. The zero-order valence-corrected chi connectivity index (χ0v) is 18.1. The summed E-state index contributed by atoms with van der Waals surface area (Å²) >= 11 is 2.73. The highest BCUT2D eigenvalue weighted by molar-refractivity contribution is 8.02. The minimum Gasteiger partial charge on any atom is -0.337 e. The van der Waals surface area contributed by atoms with Gasteiger partial charge in [0, 0.05) is 5.69 Å². The highest BCUT2D eigenvalue weighted by Gasteiger charge is 2.32. The number of thioether (sulfide) groups is 1. The second-order valence-electron chi connectivity index (χ2n) is 7.02. The van der Waals surface area contributed by atoms with E-state index in [0.717, 1.165) is 5.69 Å². The Bertz CT molecular complexity index is 858. The summed E-state index contributed by atoms with van der Waals surface area (Å²) in [5.41, 5.74) is 2.51. The van der Waals surface area contributed by atoms with Crippen LogP contribution in [-0.4, -0.2) is 26.9 Å². The van der Waals surface area contributed by atoms with E-state index in [4.69, 9.17) is 0 Å². The Morgan fingerprint density at radius 2 is 1.96 bits per heavy atom. The molecule has 0 aliphatic rings. The molecule has 0 unspecified atom stereocenters. The van der Waals surface area contributed by atoms with Gasteiger partial charge in [-0.25, -0.2) is 0 Å². The molecule has 27 heavy (non-hydrogen) atoms. The van der Waals surface area contributed by atoms with Crippen LogP contribution in [-0.2, 0) is 4.79 Å². The monoisotopic (exact) mass is 403 g/mol. The molecule has 2 aromatic rings. The third-order valence-corrected chi connectivity index (χ3v) is 6.60. The number of aromatic nitrogens is 2. The number of carbonyl (C=O) groups is 1. The minimum atomic E-state index is -0.886. The average Bonchev–Trinajstić information content (AvgIpc) is 3.04. The van der Waals surface area contributed by atoms with Crippen LogP contribution in [0.15, 0.2) is 22.5 Å². The van der Waals surface area contributed by atoms with Crippen molar-refractivity contribution in [2.75, 3.05) is 5.32 Å². The molecule has 0 aliphatic heterocycles. The Balaban J connectivity index is 1.99. The SMILES string of the molecule is Cc1ccc(Nc2nnc(S[C@H](C)C(=O)N[C@](C)(C#N)C(C)C)s2)cc1C. The fourth-order valence-corrected chi connectivity index (χ4v) is 4.03. The maximum absolute atomic E-state index is 12.5. The summed E-state index contributed by atoms with van der Waals surface area (Å²) in [7, 11) is 0. The van der Waals surface area contributed by atoms with Crippen molar-refractivity contribution in [3.8, 4) is 6.07 Å². The third kappa shape index (κ3) is 5.44. The first kappa shape index (κ1) is 21.2. The number of nitrogens with one attached hydrogen (secondary N) is 2. The normalized spacial score (nSPS) is 14.3. The highest BCUT2D eigenvalue weighted by Crippen LogP contribution is 2.31. The number of nitriles is 1. The van der Waals surface area contributed by atoms with Crippen LogP contribution in [0.2, 0.25) is 0 Å². The van der Waals surface area contributed by atoms with Crippen molar-refractivity contribution in [1.29, 1.82) is 5.26 Å². The maximum atomic E-state index is 12.5. The lowest BCUT2D eigenvalue weighted by molar-refractivity contribution is -0.121. The van der Waals surface area contributed by atoms with Gasteiger partial charge in [0.2, 0.25) is 11.0 Å². The second kappa shape index (κ2) is 8.72. The number of hydrogen-bond donors (Lipinski definition) is 2. The van der Waals surface area contributed by atoms with Crippen molar-refractivity contribution in [2.45, 2.75) is 56.7 Å². The Kier molecular flexibility index (Phi) is 6.84. The van der Waals surface area contributed by atoms with Crippen LogP contribution in [0.1, 0.15) is 38.8 Å². The topological polar surface area (TPSA) is 90.7 Å². The quantitative estimate of drug-likeness (QED) is 0.665. The smallest absolute Gasteiger partial charge is 0.234 e. The van der Waals surface area contributed by atoms with E-state index >= 15 is 0 Å². The van der Waals surface area contributed by atoms with E-state index in [1.54, 1.807) is 13.8 Å². The lowest BCUT2D eigenvalue weighted by atomic mass is 9.90. The zero-order chi connectivity index (χ0) is 20.2. The van der Waals surface area contributed by atoms with Gasteiger partial charge in [-0.15, -0.1) is 10.2 Å². The van der Waals surface area contributed by atoms with Crippen LogP contribution in [0.25, 0.3) is 0 Å². The van der Waals surface area contributed by atoms with Gasteiger partial charge in [-0.05, 0) is 56.9 Å². The maximum Gasteiger partial charge on any atom is 0.234 e. The molecular formula is C19H25N5OS2. The Labute approximate surface area is 168 Å². The number of benzene rings is 1. The predicted octanol–water partition coefficient (Wildman–Crippen LogP) is 4.43. The highest BCUT2D eigenvalue weighted by atomic mass is 32.2. The molecule has 144 valence electrons. The molecule has 0 spiro atoms. The summed E-state index contributed by atoms with van der Waals surface area (Å²) in [6, 6.07) is 8.31. The number of aryl methyl sites for hydroxylation is 2. The first-order valence-corrected chi connectivity index (χ1v) is 10.4. The molecule has 2 N–H and O–H groups in total. The van der Waals surface area contributed by atoms with E-state index in [2.05, 4.69) is 52.9 Å². The fourth-order valence-electron chi connectivity index (χ4n) is 2.11. The van der Waals surface area contributed by atoms with Gasteiger partial charge in [-0.1, -0.05) is 43.0 Å². The molecule has 1 aromatic heterocycles. The van der Waals surface area contributed by atoms with E-state index in [1.807, 2.05) is 19.9 Å². The molecule has 2 atom stereocenters.